The fourth-order valence-corrected chi connectivity index (χ4v) is 1.26. The molecule has 0 spiro atoms. The van der Waals surface area contributed by atoms with E-state index in [0.717, 1.165) is 0 Å². The van der Waals surface area contributed by atoms with Crippen LogP contribution < -0.4 is 0 Å². The molecule has 0 atom stereocenters. The topological polar surface area (TPSA) is 99.3 Å². The van der Waals surface area contributed by atoms with Crippen LogP contribution in [0.3, 0.4) is 0 Å². The molecule has 2 aromatic rings. The van der Waals surface area contributed by atoms with Crippen LogP contribution in [0, 0.1) is 24.0 Å². The first-order valence-corrected chi connectivity index (χ1v) is 4.75. The summed E-state index contributed by atoms with van der Waals surface area (Å²) in [6.07, 6.45) is 1.37. The second-order valence-corrected chi connectivity index (χ2v) is 3.28. The van der Waals surface area contributed by atoms with Gasteiger partial charge in [-0.05, 0) is 19.9 Å². The summed E-state index contributed by atoms with van der Waals surface area (Å²) < 4.78 is 6.43. The Morgan fingerprint density at radius 1 is 1.41 bits per heavy atom. The summed E-state index contributed by atoms with van der Waals surface area (Å²) in [5.74, 6) is 1.23. The van der Waals surface area contributed by atoms with Gasteiger partial charge in [0, 0.05) is 0 Å². The molecule has 0 aliphatic rings. The van der Waals surface area contributed by atoms with Crippen molar-refractivity contribution in [3.05, 3.63) is 39.7 Å². The minimum Gasteiger partial charge on any atom is -0.400 e. The van der Waals surface area contributed by atoms with Crippen molar-refractivity contribution in [2.75, 3.05) is 0 Å². The highest BCUT2D eigenvalue weighted by Gasteiger charge is 2.10. The molecule has 2 heterocycles. The fourth-order valence-electron chi connectivity index (χ4n) is 1.26. The molecule has 0 aromatic carbocycles. The van der Waals surface area contributed by atoms with E-state index in [1.54, 1.807) is 13.8 Å². The second kappa shape index (κ2) is 4.16. The van der Waals surface area contributed by atoms with Crippen molar-refractivity contribution in [1.82, 2.24) is 14.9 Å². The van der Waals surface area contributed by atoms with Gasteiger partial charge in [-0.1, -0.05) is 0 Å². The number of aryl methyl sites for hydroxylation is 2. The van der Waals surface area contributed by atoms with Gasteiger partial charge >= 0.3 is 5.88 Å². The summed E-state index contributed by atoms with van der Waals surface area (Å²) in [6, 6.07) is 2.74. The van der Waals surface area contributed by atoms with Crippen LogP contribution in [0.15, 0.2) is 21.7 Å². The molecule has 88 valence electrons. The van der Waals surface area contributed by atoms with Gasteiger partial charge in [-0.2, -0.15) is 5.10 Å². The van der Waals surface area contributed by atoms with Gasteiger partial charge < -0.3 is 4.42 Å². The Hall–Kier alpha value is -2.51. The Morgan fingerprint density at radius 3 is 2.59 bits per heavy atom. The maximum atomic E-state index is 10.4. The number of nitrogens with zero attached hydrogens (tertiary/aromatic N) is 5. The maximum Gasteiger partial charge on any atom is 0.433 e. The van der Waals surface area contributed by atoms with E-state index < -0.39 is 4.92 Å². The first-order valence-electron chi connectivity index (χ1n) is 4.75. The average molecular weight is 235 g/mol. The number of hydrogen-bond acceptors (Lipinski definition) is 6. The van der Waals surface area contributed by atoms with E-state index in [0.29, 0.717) is 17.4 Å². The third-order valence-electron chi connectivity index (χ3n) is 2.05. The first-order chi connectivity index (χ1) is 8.08. The molecule has 0 unspecified atom stereocenters. The average Bonchev–Trinajstić information content (AvgIpc) is 2.85. The van der Waals surface area contributed by atoms with Crippen molar-refractivity contribution in [2.45, 2.75) is 13.8 Å². The Bertz CT molecular complexity index is 564. The number of aromatic nitrogens is 3. The zero-order valence-electron chi connectivity index (χ0n) is 9.19. The summed E-state index contributed by atoms with van der Waals surface area (Å²) in [7, 11) is 0. The van der Waals surface area contributed by atoms with Crippen molar-refractivity contribution in [1.29, 1.82) is 0 Å². The molecule has 0 aliphatic heterocycles. The number of furan rings is 1. The van der Waals surface area contributed by atoms with Gasteiger partial charge in [-0.3, -0.25) is 10.1 Å². The zero-order chi connectivity index (χ0) is 12.4. The Kier molecular flexibility index (Phi) is 2.69. The third-order valence-corrected chi connectivity index (χ3v) is 2.05. The van der Waals surface area contributed by atoms with E-state index in [-0.39, 0.29) is 5.88 Å². The summed E-state index contributed by atoms with van der Waals surface area (Å²) in [6.45, 7) is 3.50. The van der Waals surface area contributed by atoms with Crippen molar-refractivity contribution in [2.24, 2.45) is 5.10 Å². The van der Waals surface area contributed by atoms with Crippen LogP contribution in [0.4, 0.5) is 5.88 Å². The van der Waals surface area contributed by atoms with E-state index in [4.69, 9.17) is 4.42 Å². The quantitative estimate of drug-likeness (QED) is 0.453. The van der Waals surface area contributed by atoms with Crippen molar-refractivity contribution < 1.29 is 9.34 Å². The van der Waals surface area contributed by atoms with Gasteiger partial charge in [0.15, 0.2) is 17.4 Å². The minimum absolute atomic E-state index is 0.296. The largest absolute Gasteiger partial charge is 0.433 e. The van der Waals surface area contributed by atoms with Gasteiger partial charge in [-0.25, -0.2) is 4.68 Å². The summed E-state index contributed by atoms with van der Waals surface area (Å²) in [4.78, 5) is 9.79. The molecule has 8 heteroatoms. The lowest BCUT2D eigenvalue weighted by Gasteiger charge is -1.94. The normalized spacial score (nSPS) is 11.2. The standard InChI is InChI=1S/C9H9N5O3/c1-6-11-12-7(2)13(6)10-5-8-3-4-9(17-8)14(15)16/h3-5H,1-2H3/b10-5-. The molecule has 0 radical (unpaired) electrons. The molecule has 0 N–H and O–H groups in total. The number of hydrogen-bond donors (Lipinski definition) is 0. The molecule has 17 heavy (non-hydrogen) atoms. The third kappa shape index (κ3) is 2.19. The van der Waals surface area contributed by atoms with Crippen LogP contribution >= 0.6 is 0 Å². The Morgan fingerprint density at radius 2 is 2.06 bits per heavy atom. The molecule has 8 nitrogen and oxygen atoms in total. The number of nitro groups is 1. The van der Waals surface area contributed by atoms with Crippen LogP contribution in [-0.2, 0) is 0 Å². The van der Waals surface area contributed by atoms with E-state index in [1.807, 2.05) is 0 Å². The second-order valence-electron chi connectivity index (χ2n) is 3.28. The van der Waals surface area contributed by atoms with Crippen LogP contribution in [0.2, 0.25) is 0 Å². The van der Waals surface area contributed by atoms with E-state index >= 15 is 0 Å². The Labute approximate surface area is 95.7 Å². The summed E-state index contributed by atoms with van der Waals surface area (Å²) in [5, 5.41) is 22.1. The van der Waals surface area contributed by atoms with E-state index in [1.165, 1.54) is 23.0 Å². The Balaban J connectivity index is 2.23. The predicted molar refractivity (Wildman–Crippen MR) is 57.9 cm³/mol. The summed E-state index contributed by atoms with van der Waals surface area (Å²) >= 11 is 0. The maximum absolute atomic E-state index is 10.4. The molecular weight excluding hydrogens is 226 g/mol. The zero-order valence-corrected chi connectivity index (χ0v) is 9.19. The molecule has 0 bridgehead atoms. The molecule has 2 aromatic heterocycles. The fraction of sp³-hybridized carbons (Fsp3) is 0.222. The number of rotatable bonds is 3. The van der Waals surface area contributed by atoms with Crippen LogP contribution in [0.1, 0.15) is 17.4 Å². The summed E-state index contributed by atoms with van der Waals surface area (Å²) in [5.41, 5.74) is 0. The van der Waals surface area contributed by atoms with Gasteiger partial charge in [0.05, 0.1) is 12.3 Å². The van der Waals surface area contributed by atoms with Crippen molar-refractivity contribution in [3.63, 3.8) is 0 Å². The molecule has 0 saturated carbocycles. The first kappa shape index (κ1) is 11.0. The highest BCUT2D eigenvalue weighted by Crippen LogP contribution is 2.14. The van der Waals surface area contributed by atoms with Gasteiger partial charge in [0.2, 0.25) is 0 Å². The molecule has 2 rings (SSSR count). The minimum atomic E-state index is -0.605. The van der Waals surface area contributed by atoms with E-state index in [9.17, 15) is 10.1 Å². The van der Waals surface area contributed by atoms with Gasteiger partial charge in [-0.15, -0.1) is 10.2 Å². The molecule has 0 amide bonds. The van der Waals surface area contributed by atoms with Crippen LogP contribution in [0.25, 0.3) is 0 Å². The monoisotopic (exact) mass is 235 g/mol. The predicted octanol–water partition coefficient (Wildman–Crippen LogP) is 1.28. The lowest BCUT2D eigenvalue weighted by molar-refractivity contribution is -0.402. The van der Waals surface area contributed by atoms with Gasteiger partial charge in [0.1, 0.15) is 4.92 Å². The smallest absolute Gasteiger partial charge is 0.400 e. The SMILES string of the molecule is Cc1nnc(C)n1/N=C\c1ccc([N+](=O)[O-])o1. The highest BCUT2D eigenvalue weighted by molar-refractivity contribution is 5.76. The molecular formula is C9H9N5O3. The van der Waals surface area contributed by atoms with Crippen LogP contribution in [-0.4, -0.2) is 26.0 Å². The highest BCUT2D eigenvalue weighted by atomic mass is 16.6. The van der Waals surface area contributed by atoms with E-state index in [2.05, 4.69) is 15.3 Å². The lowest BCUT2D eigenvalue weighted by atomic mass is 10.5. The molecule has 0 aliphatic carbocycles. The van der Waals surface area contributed by atoms with Gasteiger partial charge in [0.25, 0.3) is 0 Å². The van der Waals surface area contributed by atoms with Crippen molar-refractivity contribution in [3.8, 4) is 0 Å². The molecule has 0 saturated heterocycles. The van der Waals surface area contributed by atoms with Crippen LogP contribution in [0.5, 0.6) is 0 Å². The lowest BCUT2D eigenvalue weighted by Crippen LogP contribution is -1.95. The molecule has 0 fully saturated rings. The van der Waals surface area contributed by atoms with Crippen molar-refractivity contribution >= 4 is 12.1 Å².